The van der Waals surface area contributed by atoms with E-state index in [-0.39, 0.29) is 5.56 Å². The zero-order chi connectivity index (χ0) is 15.2. The summed E-state index contributed by atoms with van der Waals surface area (Å²) in [6.07, 6.45) is 6.55. The lowest BCUT2D eigenvalue weighted by atomic mass is 9.84. The van der Waals surface area contributed by atoms with Crippen molar-refractivity contribution in [1.82, 2.24) is 5.32 Å². The second-order valence-electron chi connectivity index (χ2n) is 5.87. The number of carbonyl (C=O) groups is 1. The Kier molecular flexibility index (Phi) is 5.74. The number of halogens is 1. The number of carbonyl (C=O) groups excluding carboxylic acids is 1. The Labute approximate surface area is 125 Å². The molecule has 1 aromatic carbocycles. The number of methoxy groups -OCH3 is 1. The van der Waals surface area contributed by atoms with E-state index in [0.717, 1.165) is 11.5 Å². The van der Waals surface area contributed by atoms with E-state index in [1.807, 2.05) is 0 Å². The Balaban J connectivity index is 1.91. The van der Waals surface area contributed by atoms with Crippen LogP contribution >= 0.6 is 0 Å². The molecular formula is C17H24FNO2. The van der Waals surface area contributed by atoms with Gasteiger partial charge in [-0.2, -0.15) is 0 Å². The molecule has 1 N–H and O–H groups in total. The lowest BCUT2D eigenvalue weighted by Gasteiger charge is -2.28. The van der Waals surface area contributed by atoms with Gasteiger partial charge in [0.2, 0.25) is 0 Å². The molecule has 1 fully saturated rings. The summed E-state index contributed by atoms with van der Waals surface area (Å²) < 4.78 is 18.4. The van der Waals surface area contributed by atoms with Crippen LogP contribution in [0.15, 0.2) is 18.2 Å². The molecule has 1 aromatic rings. The fraction of sp³-hybridized carbons (Fsp3) is 0.588. The van der Waals surface area contributed by atoms with Crippen LogP contribution in [0.2, 0.25) is 0 Å². The highest BCUT2D eigenvalue weighted by atomic mass is 19.1. The third-order valence-electron chi connectivity index (χ3n) is 4.42. The molecule has 3 nitrogen and oxygen atoms in total. The fourth-order valence-corrected chi connectivity index (χ4v) is 3.02. The molecule has 2 rings (SSSR count). The maximum atomic E-state index is 13.8. The predicted molar refractivity (Wildman–Crippen MR) is 80.6 cm³/mol. The third-order valence-corrected chi connectivity index (χ3v) is 4.42. The number of hydrogen-bond acceptors (Lipinski definition) is 3. The van der Waals surface area contributed by atoms with Crippen LogP contribution in [0, 0.1) is 11.7 Å². The zero-order valence-corrected chi connectivity index (χ0v) is 12.8. The number of ether oxygens (including phenoxy) is 1. The highest BCUT2D eigenvalue weighted by Crippen LogP contribution is 2.26. The number of rotatable bonds is 5. The molecule has 1 saturated carbocycles. The van der Waals surface area contributed by atoms with Gasteiger partial charge in [0.05, 0.1) is 12.7 Å². The van der Waals surface area contributed by atoms with Crippen molar-refractivity contribution >= 4 is 5.97 Å². The average molecular weight is 293 g/mol. The van der Waals surface area contributed by atoms with Crippen molar-refractivity contribution in [3.05, 3.63) is 35.1 Å². The van der Waals surface area contributed by atoms with Crippen molar-refractivity contribution in [3.8, 4) is 0 Å². The van der Waals surface area contributed by atoms with Crippen molar-refractivity contribution in [2.75, 3.05) is 7.11 Å². The average Bonchev–Trinajstić information content (AvgIpc) is 2.52. The summed E-state index contributed by atoms with van der Waals surface area (Å²) >= 11 is 0. The Morgan fingerprint density at radius 3 is 2.71 bits per heavy atom. The van der Waals surface area contributed by atoms with Crippen molar-refractivity contribution in [1.29, 1.82) is 0 Å². The molecule has 0 amide bonds. The highest BCUT2D eigenvalue weighted by molar-refractivity contribution is 5.89. The quantitative estimate of drug-likeness (QED) is 0.842. The third kappa shape index (κ3) is 4.27. The lowest BCUT2D eigenvalue weighted by Crippen LogP contribution is -2.34. The van der Waals surface area contributed by atoms with Gasteiger partial charge in [0.25, 0.3) is 0 Å². The molecule has 0 radical (unpaired) electrons. The van der Waals surface area contributed by atoms with Crippen LogP contribution < -0.4 is 5.32 Å². The molecule has 21 heavy (non-hydrogen) atoms. The van der Waals surface area contributed by atoms with Gasteiger partial charge in [0, 0.05) is 12.6 Å². The van der Waals surface area contributed by atoms with Crippen LogP contribution in [0.5, 0.6) is 0 Å². The van der Waals surface area contributed by atoms with Gasteiger partial charge >= 0.3 is 5.97 Å². The standard InChI is InChI=1S/C17H24FNO2/c1-12(14-6-4-3-5-7-14)19-11-13-8-9-15(16(18)10-13)17(20)21-2/h8-10,12,14,19H,3-7,11H2,1-2H3/t12-/m0/s1. The van der Waals surface area contributed by atoms with Gasteiger partial charge in [-0.3, -0.25) is 0 Å². The van der Waals surface area contributed by atoms with E-state index in [1.54, 1.807) is 6.07 Å². The topological polar surface area (TPSA) is 38.3 Å². The highest BCUT2D eigenvalue weighted by Gasteiger charge is 2.19. The molecule has 0 spiro atoms. The van der Waals surface area contributed by atoms with E-state index in [0.29, 0.717) is 12.6 Å². The molecule has 0 aromatic heterocycles. The molecule has 1 aliphatic carbocycles. The second kappa shape index (κ2) is 7.55. The first-order valence-corrected chi connectivity index (χ1v) is 7.72. The molecular weight excluding hydrogens is 269 g/mol. The summed E-state index contributed by atoms with van der Waals surface area (Å²) in [5.74, 6) is -0.438. The molecule has 4 heteroatoms. The first-order chi connectivity index (χ1) is 10.1. The summed E-state index contributed by atoms with van der Waals surface area (Å²) in [6.45, 7) is 2.82. The van der Waals surface area contributed by atoms with E-state index in [4.69, 9.17) is 0 Å². The molecule has 1 atom stereocenters. The van der Waals surface area contributed by atoms with Crippen molar-refractivity contribution in [2.45, 2.75) is 51.6 Å². The van der Waals surface area contributed by atoms with Crippen LogP contribution in [0.3, 0.4) is 0 Å². The van der Waals surface area contributed by atoms with Crippen LogP contribution in [-0.4, -0.2) is 19.1 Å². The number of benzene rings is 1. The minimum atomic E-state index is -0.636. The van der Waals surface area contributed by atoms with Crippen molar-refractivity contribution in [3.63, 3.8) is 0 Å². The summed E-state index contributed by atoms with van der Waals surface area (Å²) in [7, 11) is 1.25. The summed E-state index contributed by atoms with van der Waals surface area (Å²) in [5.41, 5.74) is 0.837. The summed E-state index contributed by atoms with van der Waals surface area (Å²) in [5, 5.41) is 3.48. The van der Waals surface area contributed by atoms with Crippen LogP contribution in [0.1, 0.15) is 54.9 Å². The van der Waals surface area contributed by atoms with Crippen molar-refractivity contribution in [2.24, 2.45) is 5.92 Å². The van der Waals surface area contributed by atoms with Gasteiger partial charge in [-0.1, -0.05) is 25.3 Å². The lowest BCUT2D eigenvalue weighted by molar-refractivity contribution is 0.0595. The van der Waals surface area contributed by atoms with Gasteiger partial charge in [-0.15, -0.1) is 0 Å². The number of esters is 1. The normalized spacial score (nSPS) is 17.5. The van der Waals surface area contributed by atoms with Crippen molar-refractivity contribution < 1.29 is 13.9 Å². The van der Waals surface area contributed by atoms with E-state index in [1.165, 1.54) is 51.3 Å². The van der Waals surface area contributed by atoms with E-state index >= 15 is 0 Å². The van der Waals surface area contributed by atoms with Gasteiger partial charge in [-0.25, -0.2) is 9.18 Å². The van der Waals surface area contributed by atoms with Crippen LogP contribution in [0.25, 0.3) is 0 Å². The Bertz CT molecular complexity index is 484. The Morgan fingerprint density at radius 1 is 1.38 bits per heavy atom. The SMILES string of the molecule is COC(=O)c1ccc(CN[C@@H](C)C2CCCCC2)cc1F. The van der Waals surface area contributed by atoms with Gasteiger partial charge < -0.3 is 10.1 Å². The molecule has 116 valence electrons. The summed E-state index contributed by atoms with van der Waals surface area (Å²) in [6, 6.07) is 5.11. The molecule has 1 aliphatic rings. The fourth-order valence-electron chi connectivity index (χ4n) is 3.02. The molecule has 0 bridgehead atoms. The second-order valence-corrected chi connectivity index (χ2v) is 5.87. The van der Waals surface area contributed by atoms with E-state index in [9.17, 15) is 9.18 Å². The minimum absolute atomic E-state index is 0.0124. The monoisotopic (exact) mass is 293 g/mol. The minimum Gasteiger partial charge on any atom is -0.465 e. The Morgan fingerprint density at radius 2 is 2.10 bits per heavy atom. The molecule has 0 aliphatic heterocycles. The van der Waals surface area contributed by atoms with Crippen LogP contribution in [-0.2, 0) is 11.3 Å². The maximum Gasteiger partial charge on any atom is 0.340 e. The molecule has 0 unspecified atom stereocenters. The summed E-state index contributed by atoms with van der Waals surface area (Å²) in [4.78, 5) is 11.3. The van der Waals surface area contributed by atoms with Gasteiger partial charge in [-0.05, 0) is 43.4 Å². The maximum absolute atomic E-state index is 13.8. The van der Waals surface area contributed by atoms with E-state index < -0.39 is 11.8 Å². The molecule has 0 heterocycles. The predicted octanol–water partition coefficient (Wildman–Crippen LogP) is 3.67. The zero-order valence-electron chi connectivity index (χ0n) is 12.8. The molecule has 0 saturated heterocycles. The smallest absolute Gasteiger partial charge is 0.340 e. The first-order valence-electron chi connectivity index (χ1n) is 7.72. The van der Waals surface area contributed by atoms with Gasteiger partial charge in [0.1, 0.15) is 5.82 Å². The first kappa shape index (κ1) is 16.0. The van der Waals surface area contributed by atoms with Crippen LogP contribution in [0.4, 0.5) is 4.39 Å². The Hall–Kier alpha value is -1.42. The van der Waals surface area contributed by atoms with Gasteiger partial charge in [0.15, 0.2) is 0 Å². The largest absolute Gasteiger partial charge is 0.465 e. The van der Waals surface area contributed by atoms with E-state index in [2.05, 4.69) is 17.0 Å². The number of hydrogen-bond donors (Lipinski definition) is 1. The number of nitrogens with one attached hydrogen (secondary N) is 1.